The number of phenols is 1. The second-order valence-corrected chi connectivity index (χ2v) is 8.06. The van der Waals surface area contributed by atoms with Crippen molar-refractivity contribution in [2.75, 3.05) is 7.11 Å². The van der Waals surface area contributed by atoms with E-state index in [2.05, 4.69) is 36.6 Å². The molecule has 1 aliphatic rings. The highest BCUT2D eigenvalue weighted by Gasteiger charge is 2.35. The van der Waals surface area contributed by atoms with Gasteiger partial charge in [-0.2, -0.15) is 0 Å². The van der Waals surface area contributed by atoms with Crippen molar-refractivity contribution in [3.05, 3.63) is 55.2 Å². The number of furan rings is 1. The summed E-state index contributed by atoms with van der Waals surface area (Å²) in [6, 6.07) is 6.18. The fourth-order valence-corrected chi connectivity index (χ4v) is 4.35. The molecule has 1 saturated heterocycles. The van der Waals surface area contributed by atoms with Crippen LogP contribution in [0.4, 0.5) is 4.79 Å². The van der Waals surface area contributed by atoms with Gasteiger partial charge in [0.15, 0.2) is 0 Å². The van der Waals surface area contributed by atoms with Crippen molar-refractivity contribution >= 4 is 66.8 Å². The number of hydrogen-bond acceptors (Lipinski definition) is 7. The second kappa shape index (κ2) is 7.91. The van der Waals surface area contributed by atoms with Crippen molar-refractivity contribution in [2.24, 2.45) is 0 Å². The molecule has 3 rings (SSSR count). The first-order valence-corrected chi connectivity index (χ1v) is 9.81. The topological polar surface area (TPSA) is 97.0 Å². The van der Waals surface area contributed by atoms with Gasteiger partial charge in [0, 0.05) is 0 Å². The molecular weight excluding hydrogens is 506 g/mol. The number of thioether (sulfide) groups is 1. The SMILES string of the molecule is COC(=O)c1ccc(CN2C(=O)S/C(=C/c3cc(Br)c(O)c(Br)c3)C2=O)o1. The Kier molecular flexibility index (Phi) is 5.78. The third-order valence-corrected chi connectivity index (χ3v) is 5.69. The predicted molar refractivity (Wildman–Crippen MR) is 105 cm³/mol. The van der Waals surface area contributed by atoms with Gasteiger partial charge in [0.05, 0.1) is 27.5 Å². The summed E-state index contributed by atoms with van der Waals surface area (Å²) in [5, 5.41) is 9.31. The Balaban J connectivity index is 1.81. The number of phenolic OH excluding ortho intramolecular Hbond substituents is 1. The maximum Gasteiger partial charge on any atom is 0.373 e. The molecule has 0 aliphatic carbocycles. The molecule has 2 heterocycles. The molecule has 0 radical (unpaired) electrons. The molecule has 10 heteroatoms. The maximum atomic E-state index is 12.6. The summed E-state index contributed by atoms with van der Waals surface area (Å²) in [5.41, 5.74) is 0.628. The number of ether oxygens (including phenoxy) is 1. The zero-order valence-electron chi connectivity index (χ0n) is 13.7. The number of amides is 2. The van der Waals surface area contributed by atoms with Crippen LogP contribution in [-0.2, 0) is 16.1 Å². The van der Waals surface area contributed by atoms with Crippen molar-refractivity contribution in [3.63, 3.8) is 0 Å². The van der Waals surface area contributed by atoms with Crippen LogP contribution in [0.15, 0.2) is 42.5 Å². The molecule has 1 aliphatic heterocycles. The molecule has 0 unspecified atom stereocenters. The van der Waals surface area contributed by atoms with E-state index in [9.17, 15) is 19.5 Å². The Morgan fingerprint density at radius 1 is 1.30 bits per heavy atom. The van der Waals surface area contributed by atoms with Crippen molar-refractivity contribution in [3.8, 4) is 5.75 Å². The summed E-state index contributed by atoms with van der Waals surface area (Å²) in [7, 11) is 1.23. The molecule has 0 saturated carbocycles. The Labute approximate surface area is 174 Å². The van der Waals surface area contributed by atoms with Gasteiger partial charge in [0.1, 0.15) is 11.5 Å². The summed E-state index contributed by atoms with van der Waals surface area (Å²) in [6.07, 6.45) is 1.56. The molecule has 0 atom stereocenters. The Morgan fingerprint density at radius 3 is 2.59 bits per heavy atom. The van der Waals surface area contributed by atoms with E-state index in [1.165, 1.54) is 19.2 Å². The van der Waals surface area contributed by atoms with Crippen LogP contribution < -0.4 is 0 Å². The van der Waals surface area contributed by atoms with Crippen molar-refractivity contribution in [1.29, 1.82) is 0 Å². The molecular formula is C17H11Br2NO6S. The average Bonchev–Trinajstić information content (AvgIpc) is 3.20. The molecule has 1 N–H and O–H groups in total. The number of rotatable bonds is 4. The molecule has 27 heavy (non-hydrogen) atoms. The zero-order chi connectivity index (χ0) is 19.7. The third-order valence-electron chi connectivity index (χ3n) is 3.57. The third kappa shape index (κ3) is 4.12. The number of imide groups is 1. The molecule has 2 amide bonds. The number of carbonyl (C=O) groups is 3. The second-order valence-electron chi connectivity index (χ2n) is 5.36. The van der Waals surface area contributed by atoms with Gasteiger partial charge in [-0.15, -0.1) is 0 Å². The van der Waals surface area contributed by atoms with Crippen LogP contribution in [0.5, 0.6) is 5.75 Å². The molecule has 0 bridgehead atoms. The largest absolute Gasteiger partial charge is 0.506 e. The predicted octanol–water partition coefficient (Wildman–Crippen LogP) is 4.53. The van der Waals surface area contributed by atoms with Crippen LogP contribution >= 0.6 is 43.6 Å². The van der Waals surface area contributed by atoms with Gasteiger partial charge in [-0.05, 0) is 79.5 Å². The smallest absolute Gasteiger partial charge is 0.373 e. The van der Waals surface area contributed by atoms with E-state index in [1.807, 2.05) is 0 Å². The zero-order valence-corrected chi connectivity index (χ0v) is 17.7. The number of aromatic hydroxyl groups is 1. The lowest BCUT2D eigenvalue weighted by atomic mass is 10.2. The van der Waals surface area contributed by atoms with Crippen LogP contribution in [0.3, 0.4) is 0 Å². The van der Waals surface area contributed by atoms with Gasteiger partial charge >= 0.3 is 5.97 Å². The maximum absolute atomic E-state index is 12.6. The lowest BCUT2D eigenvalue weighted by Gasteiger charge is -2.10. The van der Waals surface area contributed by atoms with Gasteiger partial charge in [-0.25, -0.2) is 4.79 Å². The summed E-state index contributed by atoms with van der Waals surface area (Å²) in [4.78, 5) is 37.5. The van der Waals surface area contributed by atoms with E-state index in [0.29, 0.717) is 14.5 Å². The van der Waals surface area contributed by atoms with Crippen molar-refractivity contribution < 1.29 is 28.6 Å². The molecule has 140 valence electrons. The van der Waals surface area contributed by atoms with Crippen LogP contribution in [0.25, 0.3) is 6.08 Å². The standard InChI is InChI=1S/C17H11Br2NO6S/c1-25-16(23)12-3-2-9(26-12)7-20-15(22)13(27-17(20)24)6-8-4-10(18)14(21)11(19)5-8/h2-6,21H,7H2,1H3/b13-6+. The monoisotopic (exact) mass is 515 g/mol. The summed E-state index contributed by atoms with van der Waals surface area (Å²) < 4.78 is 10.8. The Morgan fingerprint density at radius 2 is 1.96 bits per heavy atom. The number of halogens is 2. The number of esters is 1. The fourth-order valence-electron chi connectivity index (χ4n) is 2.29. The van der Waals surface area contributed by atoms with Gasteiger partial charge in [-0.1, -0.05) is 0 Å². The molecule has 1 aromatic heterocycles. The van der Waals surface area contributed by atoms with E-state index >= 15 is 0 Å². The van der Waals surface area contributed by atoms with E-state index in [0.717, 1.165) is 16.7 Å². The molecule has 1 aromatic carbocycles. The van der Waals surface area contributed by atoms with Crippen LogP contribution in [-0.4, -0.2) is 34.2 Å². The normalized spacial score (nSPS) is 15.7. The lowest BCUT2D eigenvalue weighted by molar-refractivity contribution is -0.123. The van der Waals surface area contributed by atoms with Crippen molar-refractivity contribution in [1.82, 2.24) is 4.90 Å². The van der Waals surface area contributed by atoms with E-state index in [-0.39, 0.29) is 28.7 Å². The lowest BCUT2D eigenvalue weighted by Crippen LogP contribution is -2.27. The average molecular weight is 517 g/mol. The molecule has 7 nitrogen and oxygen atoms in total. The quantitative estimate of drug-likeness (QED) is 0.470. The van der Waals surface area contributed by atoms with Gasteiger partial charge in [-0.3, -0.25) is 14.5 Å². The highest BCUT2D eigenvalue weighted by Crippen LogP contribution is 2.37. The van der Waals surface area contributed by atoms with Crippen molar-refractivity contribution in [2.45, 2.75) is 6.54 Å². The Hall–Kier alpha value is -2.04. The minimum atomic E-state index is -0.640. The minimum absolute atomic E-state index is 0.00573. The molecule has 2 aromatic rings. The molecule has 1 fully saturated rings. The summed E-state index contributed by atoms with van der Waals surface area (Å²) in [6.45, 7) is -0.0953. The van der Waals surface area contributed by atoms with E-state index in [1.54, 1.807) is 18.2 Å². The number of carbonyl (C=O) groups excluding carboxylic acids is 3. The summed E-state index contributed by atoms with van der Waals surface area (Å²) in [5.74, 6) is -0.789. The van der Waals surface area contributed by atoms with Gasteiger partial charge < -0.3 is 14.3 Å². The molecule has 0 spiro atoms. The number of methoxy groups -OCH3 is 1. The first-order chi connectivity index (χ1) is 12.8. The first-order valence-electron chi connectivity index (χ1n) is 7.40. The summed E-state index contributed by atoms with van der Waals surface area (Å²) >= 11 is 7.24. The van der Waals surface area contributed by atoms with Crippen LogP contribution in [0, 0.1) is 0 Å². The minimum Gasteiger partial charge on any atom is -0.506 e. The van der Waals surface area contributed by atoms with Crippen LogP contribution in [0.1, 0.15) is 21.9 Å². The Bertz CT molecular complexity index is 961. The van der Waals surface area contributed by atoms with E-state index < -0.39 is 17.1 Å². The number of benzene rings is 1. The fraction of sp³-hybridized carbons (Fsp3) is 0.118. The van der Waals surface area contributed by atoms with Gasteiger partial charge in [0.25, 0.3) is 11.1 Å². The number of nitrogens with zero attached hydrogens (tertiary/aromatic N) is 1. The number of hydrogen-bond donors (Lipinski definition) is 1. The van der Waals surface area contributed by atoms with E-state index in [4.69, 9.17) is 4.42 Å². The van der Waals surface area contributed by atoms with Crippen LogP contribution in [0.2, 0.25) is 0 Å². The van der Waals surface area contributed by atoms with Gasteiger partial charge in [0.2, 0.25) is 5.76 Å². The first kappa shape index (κ1) is 19.7. The highest BCUT2D eigenvalue weighted by molar-refractivity contribution is 9.11. The highest BCUT2D eigenvalue weighted by atomic mass is 79.9.